The first kappa shape index (κ1) is 32.8. The van der Waals surface area contributed by atoms with Crippen molar-refractivity contribution in [2.75, 3.05) is 10.8 Å². The molecule has 0 saturated heterocycles. The lowest BCUT2D eigenvalue weighted by Crippen LogP contribution is -2.45. The molecule has 0 saturated carbocycles. The number of ether oxygens (including phenoxy) is 2. The molecule has 0 bridgehead atoms. The van der Waals surface area contributed by atoms with Crippen LogP contribution in [0.15, 0.2) is 71.6 Å². The Morgan fingerprint density at radius 1 is 1.00 bits per heavy atom. The lowest BCUT2D eigenvalue weighted by molar-refractivity contribution is -0.154. The van der Waals surface area contributed by atoms with Gasteiger partial charge in [0.25, 0.3) is 10.0 Å². The number of aryl methyl sites for hydroxylation is 1. The van der Waals surface area contributed by atoms with E-state index in [1.807, 2.05) is 31.2 Å². The summed E-state index contributed by atoms with van der Waals surface area (Å²) in [6, 6.07) is 15.3. The molecule has 236 valence electrons. The zero-order valence-corrected chi connectivity index (χ0v) is 25.4. The molecule has 1 atom stereocenters. The first-order valence-corrected chi connectivity index (χ1v) is 15.1. The Hall–Kier alpha value is -4.10. The average molecular weight is 635 g/mol. The van der Waals surface area contributed by atoms with Gasteiger partial charge in [-0.15, -0.1) is 0 Å². The molecule has 1 aliphatic heterocycles. The molecule has 0 spiro atoms. The van der Waals surface area contributed by atoms with Crippen molar-refractivity contribution in [2.45, 2.75) is 69.9 Å². The molecular formula is C31H33F3N2O7S. The maximum absolute atomic E-state index is 13.8. The Morgan fingerprint density at radius 3 is 2.34 bits per heavy atom. The van der Waals surface area contributed by atoms with Gasteiger partial charge in [-0.1, -0.05) is 42.0 Å². The third-order valence-corrected chi connectivity index (χ3v) is 8.21. The summed E-state index contributed by atoms with van der Waals surface area (Å²) in [6.45, 7) is 6.76. The number of nitrogens with one attached hydrogen (secondary N) is 1. The Kier molecular flexibility index (Phi) is 9.59. The number of fused-ring (bicyclic) bond motifs is 1. The highest BCUT2D eigenvalue weighted by Crippen LogP contribution is 2.39. The molecule has 0 radical (unpaired) electrons. The summed E-state index contributed by atoms with van der Waals surface area (Å²) >= 11 is 0. The summed E-state index contributed by atoms with van der Waals surface area (Å²) in [5, 5.41) is 0. The molecule has 1 N–H and O–H groups in total. The topological polar surface area (TPSA) is 111 Å². The Labute approximate surface area is 253 Å². The summed E-state index contributed by atoms with van der Waals surface area (Å²) in [6.07, 6.45) is -6.29. The number of benzene rings is 3. The van der Waals surface area contributed by atoms with Crippen LogP contribution in [0.2, 0.25) is 0 Å². The van der Waals surface area contributed by atoms with E-state index in [1.165, 1.54) is 12.1 Å². The molecule has 1 heterocycles. The summed E-state index contributed by atoms with van der Waals surface area (Å²) in [5.74, 6) is -1.08. The first-order valence-electron chi connectivity index (χ1n) is 13.7. The van der Waals surface area contributed by atoms with Crippen LogP contribution in [0.4, 0.5) is 18.9 Å². The molecule has 44 heavy (non-hydrogen) atoms. The van der Waals surface area contributed by atoms with Crippen molar-refractivity contribution in [1.82, 2.24) is 5.48 Å². The van der Waals surface area contributed by atoms with Crippen LogP contribution in [0, 0.1) is 6.92 Å². The van der Waals surface area contributed by atoms with Gasteiger partial charge >= 0.3 is 12.1 Å². The van der Waals surface area contributed by atoms with Gasteiger partial charge in [0.1, 0.15) is 17.5 Å². The van der Waals surface area contributed by atoms with Crippen LogP contribution in [0.25, 0.3) is 0 Å². The van der Waals surface area contributed by atoms with Crippen molar-refractivity contribution >= 4 is 27.6 Å². The number of esters is 1. The van der Waals surface area contributed by atoms with Gasteiger partial charge < -0.3 is 9.47 Å². The molecular weight excluding hydrogens is 601 g/mol. The van der Waals surface area contributed by atoms with Gasteiger partial charge in [-0.2, -0.15) is 13.2 Å². The smallest absolute Gasteiger partial charge is 0.416 e. The summed E-state index contributed by atoms with van der Waals surface area (Å²) in [4.78, 5) is 29.8. The van der Waals surface area contributed by atoms with Gasteiger partial charge in [-0.05, 0) is 69.2 Å². The standard InChI is InChI=1S/C31H33F3N2O7S/c1-20-8-10-21(11-9-20)19-41-35-28(37)17-24-18-36(44(39,40)25-7-5-6-23(16-25)31(32,33)34)26-14-22(12-13-27(26)42-24)15-29(38)43-30(2,3)4/h5-14,16,24H,15,17-19H2,1-4H3,(H,35,37)/t24-/m0/s1. The highest BCUT2D eigenvalue weighted by Gasteiger charge is 2.38. The number of hydrogen-bond acceptors (Lipinski definition) is 7. The van der Waals surface area contributed by atoms with Gasteiger partial charge in [-0.3, -0.25) is 18.7 Å². The monoisotopic (exact) mass is 634 g/mol. The second-order valence-corrected chi connectivity index (χ2v) is 13.2. The molecule has 4 rings (SSSR count). The van der Waals surface area contributed by atoms with Crippen molar-refractivity contribution in [3.8, 4) is 5.75 Å². The fourth-order valence-corrected chi connectivity index (χ4v) is 5.98. The number of alkyl halides is 3. The number of rotatable bonds is 9. The normalized spacial score (nSPS) is 15.2. The average Bonchev–Trinajstić information content (AvgIpc) is 2.92. The minimum Gasteiger partial charge on any atom is -0.486 e. The SMILES string of the molecule is Cc1ccc(CONC(=O)C[C@H]2CN(S(=O)(=O)c3cccc(C(F)(F)F)c3)c3cc(CC(=O)OC(C)(C)C)ccc3O2)cc1. The summed E-state index contributed by atoms with van der Waals surface area (Å²) < 4.78 is 80.1. The second-order valence-electron chi connectivity index (χ2n) is 11.4. The largest absolute Gasteiger partial charge is 0.486 e. The molecule has 3 aromatic rings. The van der Waals surface area contributed by atoms with Gasteiger partial charge in [-0.25, -0.2) is 13.9 Å². The zero-order chi connectivity index (χ0) is 32.3. The van der Waals surface area contributed by atoms with E-state index in [-0.39, 0.29) is 30.9 Å². The van der Waals surface area contributed by atoms with Crippen LogP contribution in [0.5, 0.6) is 5.75 Å². The summed E-state index contributed by atoms with van der Waals surface area (Å²) in [5.41, 5.74) is 2.72. The van der Waals surface area contributed by atoms with E-state index >= 15 is 0 Å². The number of anilines is 1. The second kappa shape index (κ2) is 12.9. The van der Waals surface area contributed by atoms with Gasteiger partial charge in [0.15, 0.2) is 0 Å². The van der Waals surface area contributed by atoms with E-state index in [0.29, 0.717) is 11.6 Å². The number of nitrogens with zero attached hydrogens (tertiary/aromatic N) is 1. The van der Waals surface area contributed by atoms with Crippen LogP contribution >= 0.6 is 0 Å². The van der Waals surface area contributed by atoms with Crippen molar-refractivity contribution in [3.63, 3.8) is 0 Å². The van der Waals surface area contributed by atoms with Crippen molar-refractivity contribution in [2.24, 2.45) is 0 Å². The van der Waals surface area contributed by atoms with E-state index in [2.05, 4.69) is 5.48 Å². The molecule has 0 aliphatic carbocycles. The molecule has 3 aromatic carbocycles. The fraction of sp³-hybridized carbons (Fsp3) is 0.355. The van der Waals surface area contributed by atoms with Gasteiger partial charge in [0, 0.05) is 0 Å². The first-order chi connectivity index (χ1) is 20.5. The molecule has 0 aromatic heterocycles. The van der Waals surface area contributed by atoms with E-state index in [0.717, 1.165) is 33.6 Å². The fourth-order valence-electron chi connectivity index (χ4n) is 4.44. The van der Waals surface area contributed by atoms with Crippen LogP contribution in [0.3, 0.4) is 0 Å². The highest BCUT2D eigenvalue weighted by molar-refractivity contribution is 7.92. The van der Waals surface area contributed by atoms with Gasteiger partial charge in [0.2, 0.25) is 5.91 Å². The lowest BCUT2D eigenvalue weighted by atomic mass is 10.1. The summed E-state index contributed by atoms with van der Waals surface area (Å²) in [7, 11) is -4.58. The third-order valence-electron chi connectivity index (χ3n) is 6.43. The molecule has 1 amide bonds. The Balaban J connectivity index is 1.59. The Morgan fingerprint density at radius 2 is 1.68 bits per heavy atom. The zero-order valence-electron chi connectivity index (χ0n) is 24.6. The van der Waals surface area contributed by atoms with Crippen LogP contribution in [-0.2, 0) is 48.4 Å². The molecule has 1 aliphatic rings. The molecule has 13 heteroatoms. The number of sulfonamides is 1. The maximum Gasteiger partial charge on any atom is 0.416 e. The van der Waals surface area contributed by atoms with Crippen molar-refractivity contribution in [1.29, 1.82) is 0 Å². The minimum atomic E-state index is -4.77. The van der Waals surface area contributed by atoms with Gasteiger partial charge in [0.05, 0.1) is 42.1 Å². The Bertz CT molecular complexity index is 1620. The predicted octanol–water partition coefficient (Wildman–Crippen LogP) is 5.49. The van der Waals surface area contributed by atoms with E-state index < -0.39 is 56.8 Å². The number of amides is 1. The van der Waals surface area contributed by atoms with Crippen LogP contribution < -0.4 is 14.5 Å². The highest BCUT2D eigenvalue weighted by atomic mass is 32.2. The quantitative estimate of drug-likeness (QED) is 0.245. The molecule has 0 fully saturated rings. The van der Waals surface area contributed by atoms with Crippen LogP contribution in [-0.4, -0.2) is 38.5 Å². The number of halogens is 3. The van der Waals surface area contributed by atoms with Crippen molar-refractivity contribution < 1.29 is 45.5 Å². The number of hydrogen-bond donors (Lipinski definition) is 1. The lowest BCUT2D eigenvalue weighted by Gasteiger charge is -2.35. The molecule has 0 unspecified atom stereocenters. The van der Waals surface area contributed by atoms with Crippen molar-refractivity contribution in [3.05, 3.63) is 89.0 Å². The maximum atomic E-state index is 13.8. The number of hydroxylamine groups is 1. The van der Waals surface area contributed by atoms with Crippen LogP contribution in [0.1, 0.15) is 49.4 Å². The minimum absolute atomic E-state index is 0.00995. The predicted molar refractivity (Wildman–Crippen MR) is 155 cm³/mol. The third kappa shape index (κ3) is 8.50. The number of carbonyl (C=O) groups excluding carboxylic acids is 2. The number of carbonyl (C=O) groups is 2. The van der Waals surface area contributed by atoms with E-state index in [9.17, 15) is 31.2 Å². The van der Waals surface area contributed by atoms with E-state index in [4.69, 9.17) is 14.3 Å². The van der Waals surface area contributed by atoms with E-state index in [1.54, 1.807) is 26.8 Å². The molecule has 9 nitrogen and oxygen atoms in total.